The molecule has 2 aromatic rings. The molecule has 2 aromatic carbocycles. The molecule has 0 aromatic heterocycles. The van der Waals surface area contributed by atoms with E-state index in [0.717, 1.165) is 13.1 Å². The molecule has 86 valence electrons. The average molecular weight is 227 g/mol. The van der Waals surface area contributed by atoms with Gasteiger partial charge in [0.2, 0.25) is 0 Å². The highest BCUT2D eigenvalue weighted by Crippen LogP contribution is 2.29. The summed E-state index contributed by atoms with van der Waals surface area (Å²) in [6.07, 6.45) is 0. The number of rotatable bonds is 1. The molecule has 0 bridgehead atoms. The van der Waals surface area contributed by atoms with Gasteiger partial charge in [-0.25, -0.2) is 4.39 Å². The minimum Gasteiger partial charge on any atom is -0.312 e. The Morgan fingerprint density at radius 1 is 1.00 bits per heavy atom. The lowest BCUT2D eigenvalue weighted by molar-refractivity contribution is 0.588. The zero-order valence-electron chi connectivity index (χ0n) is 9.49. The zero-order chi connectivity index (χ0) is 11.7. The van der Waals surface area contributed by atoms with Gasteiger partial charge in [-0.3, -0.25) is 0 Å². The lowest BCUT2D eigenvalue weighted by atomic mass is 9.86. The van der Waals surface area contributed by atoms with E-state index in [-0.39, 0.29) is 5.82 Å². The quantitative estimate of drug-likeness (QED) is 0.789. The first-order chi connectivity index (χ1) is 8.34. The molecule has 1 N–H and O–H groups in total. The lowest BCUT2D eigenvalue weighted by Gasteiger charge is -2.26. The molecule has 1 aliphatic rings. The SMILES string of the molecule is Fc1ccc([C@H]2CNCc3ccccc32)cc1. The Balaban J connectivity index is 2.03. The molecule has 0 radical (unpaired) electrons. The van der Waals surface area contributed by atoms with Gasteiger partial charge in [-0.15, -0.1) is 0 Å². The molecule has 1 aliphatic heterocycles. The average Bonchev–Trinajstić information content (AvgIpc) is 2.39. The van der Waals surface area contributed by atoms with Gasteiger partial charge in [0.05, 0.1) is 0 Å². The fraction of sp³-hybridized carbons (Fsp3) is 0.200. The molecule has 1 nitrogen and oxygen atoms in total. The summed E-state index contributed by atoms with van der Waals surface area (Å²) in [4.78, 5) is 0. The summed E-state index contributed by atoms with van der Waals surface area (Å²) in [6.45, 7) is 1.84. The first kappa shape index (κ1) is 10.5. The number of benzene rings is 2. The van der Waals surface area contributed by atoms with Crippen LogP contribution >= 0.6 is 0 Å². The van der Waals surface area contributed by atoms with Crippen molar-refractivity contribution in [1.29, 1.82) is 0 Å². The molecule has 17 heavy (non-hydrogen) atoms. The fourth-order valence-electron chi connectivity index (χ4n) is 2.49. The third kappa shape index (κ3) is 1.96. The van der Waals surface area contributed by atoms with Crippen molar-refractivity contribution in [2.45, 2.75) is 12.5 Å². The summed E-state index contributed by atoms with van der Waals surface area (Å²) in [5, 5.41) is 3.41. The number of halogens is 1. The summed E-state index contributed by atoms with van der Waals surface area (Å²) >= 11 is 0. The minimum absolute atomic E-state index is 0.175. The van der Waals surface area contributed by atoms with Crippen molar-refractivity contribution in [3.05, 3.63) is 71.0 Å². The maximum Gasteiger partial charge on any atom is 0.123 e. The van der Waals surface area contributed by atoms with Gasteiger partial charge in [-0.1, -0.05) is 36.4 Å². The summed E-state index contributed by atoms with van der Waals surface area (Å²) in [5.41, 5.74) is 3.87. The van der Waals surface area contributed by atoms with E-state index in [2.05, 4.69) is 29.6 Å². The van der Waals surface area contributed by atoms with Crippen LogP contribution in [0.4, 0.5) is 4.39 Å². The van der Waals surface area contributed by atoms with Crippen LogP contribution in [0.5, 0.6) is 0 Å². The van der Waals surface area contributed by atoms with Gasteiger partial charge in [-0.05, 0) is 28.8 Å². The second kappa shape index (κ2) is 4.30. The summed E-state index contributed by atoms with van der Waals surface area (Å²) in [7, 11) is 0. The Morgan fingerprint density at radius 2 is 1.76 bits per heavy atom. The van der Waals surface area contributed by atoms with E-state index in [1.54, 1.807) is 0 Å². The number of hydrogen-bond acceptors (Lipinski definition) is 1. The molecule has 0 saturated heterocycles. The maximum atomic E-state index is 12.9. The summed E-state index contributed by atoms with van der Waals surface area (Å²) < 4.78 is 12.9. The van der Waals surface area contributed by atoms with Crippen LogP contribution < -0.4 is 5.32 Å². The highest BCUT2D eigenvalue weighted by Gasteiger charge is 2.20. The molecule has 3 rings (SSSR count). The summed E-state index contributed by atoms with van der Waals surface area (Å²) in [6, 6.07) is 15.3. The Bertz CT molecular complexity index is 519. The topological polar surface area (TPSA) is 12.0 Å². The minimum atomic E-state index is -0.175. The summed E-state index contributed by atoms with van der Waals surface area (Å²) in [5.74, 6) is 0.159. The predicted octanol–water partition coefficient (Wildman–Crippen LogP) is 3.06. The van der Waals surface area contributed by atoms with Gasteiger partial charge in [0, 0.05) is 19.0 Å². The van der Waals surface area contributed by atoms with Crippen LogP contribution in [0.2, 0.25) is 0 Å². The van der Waals surface area contributed by atoms with Crippen molar-refractivity contribution in [1.82, 2.24) is 5.32 Å². The molecule has 1 heterocycles. The van der Waals surface area contributed by atoms with Crippen molar-refractivity contribution in [3.63, 3.8) is 0 Å². The van der Waals surface area contributed by atoms with Crippen LogP contribution in [0.25, 0.3) is 0 Å². The molecule has 0 spiro atoms. The molecule has 0 fully saturated rings. The van der Waals surface area contributed by atoms with E-state index >= 15 is 0 Å². The monoisotopic (exact) mass is 227 g/mol. The van der Waals surface area contributed by atoms with Crippen LogP contribution in [0, 0.1) is 5.82 Å². The van der Waals surface area contributed by atoms with E-state index < -0.39 is 0 Å². The molecule has 0 aliphatic carbocycles. The van der Waals surface area contributed by atoms with Crippen LogP contribution in [-0.4, -0.2) is 6.54 Å². The number of fused-ring (bicyclic) bond motifs is 1. The van der Waals surface area contributed by atoms with Gasteiger partial charge < -0.3 is 5.32 Å². The predicted molar refractivity (Wildman–Crippen MR) is 66.4 cm³/mol. The van der Waals surface area contributed by atoms with Crippen molar-refractivity contribution in [2.24, 2.45) is 0 Å². The second-order valence-electron chi connectivity index (χ2n) is 4.43. The number of hydrogen-bond donors (Lipinski definition) is 1. The molecule has 1 atom stereocenters. The first-order valence-corrected chi connectivity index (χ1v) is 5.88. The third-order valence-electron chi connectivity index (χ3n) is 3.37. The lowest BCUT2D eigenvalue weighted by Crippen LogP contribution is -2.28. The highest BCUT2D eigenvalue weighted by atomic mass is 19.1. The van der Waals surface area contributed by atoms with Gasteiger partial charge >= 0.3 is 0 Å². The van der Waals surface area contributed by atoms with Gasteiger partial charge in [0.1, 0.15) is 5.82 Å². The van der Waals surface area contributed by atoms with E-state index in [0.29, 0.717) is 5.92 Å². The fourth-order valence-corrected chi connectivity index (χ4v) is 2.49. The maximum absolute atomic E-state index is 12.9. The second-order valence-corrected chi connectivity index (χ2v) is 4.43. The molecule has 2 heteroatoms. The van der Waals surface area contributed by atoms with Gasteiger partial charge in [0.25, 0.3) is 0 Å². The van der Waals surface area contributed by atoms with Crippen molar-refractivity contribution >= 4 is 0 Å². The Kier molecular flexibility index (Phi) is 2.65. The largest absolute Gasteiger partial charge is 0.312 e. The molecular formula is C15H14FN. The van der Waals surface area contributed by atoms with Gasteiger partial charge in [-0.2, -0.15) is 0 Å². The van der Waals surface area contributed by atoms with Gasteiger partial charge in [0.15, 0.2) is 0 Å². The zero-order valence-corrected chi connectivity index (χ0v) is 9.49. The van der Waals surface area contributed by atoms with Crippen LogP contribution in [0.1, 0.15) is 22.6 Å². The molecular weight excluding hydrogens is 213 g/mol. The Labute approximate surface area is 100 Å². The van der Waals surface area contributed by atoms with Crippen molar-refractivity contribution in [2.75, 3.05) is 6.54 Å². The molecule has 0 amide bonds. The van der Waals surface area contributed by atoms with E-state index in [1.807, 2.05) is 12.1 Å². The molecule has 0 unspecified atom stereocenters. The smallest absolute Gasteiger partial charge is 0.123 e. The standard InChI is InChI=1S/C15H14FN/c16-13-7-5-11(6-8-13)15-10-17-9-12-3-1-2-4-14(12)15/h1-8,15,17H,9-10H2/t15-/m1/s1. The van der Waals surface area contributed by atoms with Crippen LogP contribution in [0.15, 0.2) is 48.5 Å². The first-order valence-electron chi connectivity index (χ1n) is 5.88. The van der Waals surface area contributed by atoms with Crippen LogP contribution in [-0.2, 0) is 6.54 Å². The Hall–Kier alpha value is -1.67. The highest BCUT2D eigenvalue weighted by molar-refractivity contribution is 5.40. The molecule has 0 saturated carbocycles. The third-order valence-corrected chi connectivity index (χ3v) is 3.37. The van der Waals surface area contributed by atoms with E-state index in [9.17, 15) is 4.39 Å². The van der Waals surface area contributed by atoms with Crippen LogP contribution in [0.3, 0.4) is 0 Å². The van der Waals surface area contributed by atoms with E-state index in [4.69, 9.17) is 0 Å². The normalized spacial score (nSPS) is 18.8. The van der Waals surface area contributed by atoms with Crippen molar-refractivity contribution in [3.8, 4) is 0 Å². The van der Waals surface area contributed by atoms with Crippen molar-refractivity contribution < 1.29 is 4.39 Å². The Morgan fingerprint density at radius 3 is 2.59 bits per heavy atom. The van der Waals surface area contributed by atoms with E-state index in [1.165, 1.54) is 28.8 Å². The number of nitrogens with one attached hydrogen (secondary N) is 1.